The zero-order chi connectivity index (χ0) is 17.5. The molecule has 2 aliphatic rings. The first-order valence-electron chi connectivity index (χ1n) is 9.10. The average molecular weight is 363 g/mol. The molecule has 2 aliphatic heterocycles. The Labute approximate surface area is 155 Å². The van der Waals surface area contributed by atoms with Crippen LogP contribution in [0.25, 0.3) is 0 Å². The summed E-state index contributed by atoms with van der Waals surface area (Å²) >= 11 is 2.07. The second-order valence-electron chi connectivity index (χ2n) is 6.87. The first-order chi connectivity index (χ1) is 12.2. The van der Waals surface area contributed by atoms with Gasteiger partial charge in [-0.1, -0.05) is 30.3 Å². The molecule has 3 rings (SSSR count). The van der Waals surface area contributed by atoms with Gasteiger partial charge in [-0.3, -0.25) is 9.89 Å². The van der Waals surface area contributed by atoms with Gasteiger partial charge in [0.25, 0.3) is 0 Å². The van der Waals surface area contributed by atoms with E-state index >= 15 is 0 Å². The fraction of sp³-hybridized carbons (Fsp3) is 0.632. The topological polar surface area (TPSA) is 40.1 Å². The lowest BCUT2D eigenvalue weighted by atomic mass is 9.95. The number of morpholine rings is 1. The minimum Gasteiger partial charge on any atom is -0.379 e. The van der Waals surface area contributed by atoms with Crippen molar-refractivity contribution in [2.45, 2.75) is 18.5 Å². The van der Waals surface area contributed by atoms with Gasteiger partial charge in [-0.15, -0.1) is 0 Å². The second kappa shape index (κ2) is 8.92. The van der Waals surface area contributed by atoms with E-state index in [1.54, 1.807) is 0 Å². The van der Waals surface area contributed by atoms with Gasteiger partial charge in [-0.2, -0.15) is 11.8 Å². The number of rotatable bonds is 5. The monoisotopic (exact) mass is 362 g/mol. The van der Waals surface area contributed by atoms with Crippen molar-refractivity contribution in [3.05, 3.63) is 35.9 Å². The molecule has 0 spiro atoms. The average Bonchev–Trinajstić information content (AvgIpc) is 3.14. The standard InChI is InChI=1S/C19H30N4OS/c1-20-18(22(2)14-17-6-4-3-5-7-17)21-15-19(8-13-25-16-19)23-9-11-24-12-10-23/h3-7H,8-16H2,1-2H3,(H,20,21). The van der Waals surface area contributed by atoms with Crippen molar-refractivity contribution in [1.29, 1.82) is 0 Å². The molecule has 1 N–H and O–H groups in total. The van der Waals surface area contributed by atoms with Crippen molar-refractivity contribution in [2.75, 3.05) is 58.4 Å². The Hall–Kier alpha value is -1.24. The zero-order valence-electron chi connectivity index (χ0n) is 15.4. The van der Waals surface area contributed by atoms with E-state index < -0.39 is 0 Å². The first-order valence-corrected chi connectivity index (χ1v) is 10.3. The van der Waals surface area contributed by atoms with Gasteiger partial charge in [0.15, 0.2) is 5.96 Å². The predicted octanol–water partition coefficient (Wildman–Crippen LogP) is 1.90. The number of hydrogen-bond donors (Lipinski definition) is 1. The van der Waals surface area contributed by atoms with E-state index in [-0.39, 0.29) is 5.54 Å². The molecule has 0 amide bonds. The van der Waals surface area contributed by atoms with E-state index in [4.69, 9.17) is 4.74 Å². The summed E-state index contributed by atoms with van der Waals surface area (Å²) in [6.45, 7) is 5.61. The zero-order valence-corrected chi connectivity index (χ0v) is 16.2. The summed E-state index contributed by atoms with van der Waals surface area (Å²) in [6.07, 6.45) is 1.24. The summed E-state index contributed by atoms with van der Waals surface area (Å²) in [5, 5.41) is 3.65. The Kier molecular flexibility index (Phi) is 6.62. The van der Waals surface area contributed by atoms with Gasteiger partial charge in [0, 0.05) is 51.6 Å². The van der Waals surface area contributed by atoms with E-state index in [1.807, 2.05) is 7.05 Å². The molecule has 0 aliphatic carbocycles. The third kappa shape index (κ3) is 4.68. The maximum Gasteiger partial charge on any atom is 0.193 e. The van der Waals surface area contributed by atoms with E-state index in [2.05, 4.69) is 69.3 Å². The van der Waals surface area contributed by atoms with E-state index in [0.29, 0.717) is 0 Å². The summed E-state index contributed by atoms with van der Waals surface area (Å²) in [5.41, 5.74) is 1.53. The molecule has 0 bridgehead atoms. The van der Waals surface area contributed by atoms with Crippen LogP contribution >= 0.6 is 11.8 Å². The van der Waals surface area contributed by atoms with Gasteiger partial charge in [-0.25, -0.2) is 0 Å². The molecule has 0 saturated carbocycles. The summed E-state index contributed by atoms with van der Waals surface area (Å²) < 4.78 is 5.55. The van der Waals surface area contributed by atoms with Crippen LogP contribution in [0.2, 0.25) is 0 Å². The summed E-state index contributed by atoms with van der Waals surface area (Å²) in [5.74, 6) is 3.41. The van der Waals surface area contributed by atoms with Crippen molar-refractivity contribution in [1.82, 2.24) is 15.1 Å². The van der Waals surface area contributed by atoms with E-state index in [9.17, 15) is 0 Å². The molecule has 1 atom stereocenters. The SMILES string of the molecule is CN=C(NCC1(N2CCOCC2)CCSC1)N(C)Cc1ccccc1. The lowest BCUT2D eigenvalue weighted by Gasteiger charge is -2.43. The van der Waals surface area contributed by atoms with Crippen LogP contribution in [0, 0.1) is 0 Å². The highest BCUT2D eigenvalue weighted by atomic mass is 32.2. The molecular formula is C19H30N4OS. The van der Waals surface area contributed by atoms with Crippen molar-refractivity contribution < 1.29 is 4.74 Å². The second-order valence-corrected chi connectivity index (χ2v) is 7.97. The van der Waals surface area contributed by atoms with Crippen LogP contribution in [0.1, 0.15) is 12.0 Å². The highest BCUT2D eigenvalue weighted by Gasteiger charge is 2.40. The van der Waals surface area contributed by atoms with Gasteiger partial charge >= 0.3 is 0 Å². The number of ether oxygens (including phenoxy) is 1. The molecule has 5 nitrogen and oxygen atoms in total. The van der Waals surface area contributed by atoms with Crippen molar-refractivity contribution >= 4 is 17.7 Å². The Morgan fingerprint density at radius 1 is 1.32 bits per heavy atom. The molecule has 1 aromatic carbocycles. The smallest absolute Gasteiger partial charge is 0.193 e. The van der Waals surface area contributed by atoms with E-state index in [0.717, 1.165) is 45.4 Å². The largest absolute Gasteiger partial charge is 0.379 e. The van der Waals surface area contributed by atoms with E-state index in [1.165, 1.54) is 23.5 Å². The number of thioether (sulfide) groups is 1. The lowest BCUT2D eigenvalue weighted by molar-refractivity contribution is -0.0121. The number of nitrogens with one attached hydrogen (secondary N) is 1. The van der Waals surface area contributed by atoms with Crippen LogP contribution in [-0.4, -0.2) is 79.7 Å². The van der Waals surface area contributed by atoms with Crippen LogP contribution in [0.4, 0.5) is 0 Å². The number of hydrogen-bond acceptors (Lipinski definition) is 4. The van der Waals surface area contributed by atoms with Crippen molar-refractivity contribution in [2.24, 2.45) is 4.99 Å². The molecule has 2 saturated heterocycles. The minimum atomic E-state index is 0.234. The molecule has 0 radical (unpaired) electrons. The van der Waals surface area contributed by atoms with Crippen molar-refractivity contribution in [3.63, 3.8) is 0 Å². The molecule has 2 heterocycles. The Morgan fingerprint density at radius 2 is 2.08 bits per heavy atom. The maximum atomic E-state index is 5.55. The third-order valence-corrected chi connectivity index (χ3v) is 6.41. The quantitative estimate of drug-likeness (QED) is 0.640. The van der Waals surface area contributed by atoms with Crippen LogP contribution in [0.3, 0.4) is 0 Å². The van der Waals surface area contributed by atoms with Gasteiger partial charge < -0.3 is 15.0 Å². The molecule has 0 aromatic heterocycles. The fourth-order valence-corrected chi connectivity index (χ4v) is 5.17. The lowest BCUT2D eigenvalue weighted by Crippen LogP contribution is -2.60. The minimum absolute atomic E-state index is 0.234. The Morgan fingerprint density at radius 3 is 2.72 bits per heavy atom. The van der Waals surface area contributed by atoms with Crippen LogP contribution in [0.5, 0.6) is 0 Å². The molecule has 138 valence electrons. The fourth-order valence-electron chi connectivity index (χ4n) is 3.70. The van der Waals surface area contributed by atoms with Gasteiger partial charge in [0.2, 0.25) is 0 Å². The molecule has 1 unspecified atom stereocenters. The highest BCUT2D eigenvalue weighted by molar-refractivity contribution is 7.99. The normalized spacial score (nSPS) is 25.1. The van der Waals surface area contributed by atoms with Crippen molar-refractivity contribution in [3.8, 4) is 0 Å². The van der Waals surface area contributed by atoms with Crippen LogP contribution in [0.15, 0.2) is 35.3 Å². The number of benzene rings is 1. The van der Waals surface area contributed by atoms with Gasteiger partial charge in [-0.05, 0) is 17.7 Å². The van der Waals surface area contributed by atoms with Gasteiger partial charge in [0.1, 0.15) is 0 Å². The predicted molar refractivity (Wildman–Crippen MR) is 106 cm³/mol. The summed E-state index contributed by atoms with van der Waals surface area (Å²) in [4.78, 5) is 9.33. The Balaban J connectivity index is 1.60. The van der Waals surface area contributed by atoms with Crippen LogP contribution in [-0.2, 0) is 11.3 Å². The Bertz CT molecular complexity index is 554. The van der Waals surface area contributed by atoms with Crippen LogP contribution < -0.4 is 5.32 Å². The molecular weight excluding hydrogens is 332 g/mol. The molecule has 2 fully saturated rings. The summed E-state index contributed by atoms with van der Waals surface area (Å²) in [6, 6.07) is 10.5. The molecule has 25 heavy (non-hydrogen) atoms. The molecule has 1 aromatic rings. The molecule has 6 heteroatoms. The number of guanidine groups is 1. The maximum absolute atomic E-state index is 5.55. The van der Waals surface area contributed by atoms with Gasteiger partial charge in [0.05, 0.1) is 13.2 Å². The highest BCUT2D eigenvalue weighted by Crippen LogP contribution is 2.33. The third-order valence-electron chi connectivity index (χ3n) is 5.18. The number of aliphatic imine (C=N–C) groups is 1. The summed E-state index contributed by atoms with van der Waals surface area (Å²) in [7, 11) is 3.97. The first kappa shape index (κ1) is 18.5. The number of nitrogens with zero attached hydrogens (tertiary/aromatic N) is 3.